The number of rotatable bonds is 7. The molecule has 0 bridgehead atoms. The highest BCUT2D eigenvalue weighted by Crippen LogP contribution is 2.19. The SMILES string of the molecule is O=C(NCc1ccc(OCC(F)(F)F)cc1)c1cccc(Nc2ncccn2)c1. The maximum atomic E-state index is 12.4. The lowest BCUT2D eigenvalue weighted by atomic mass is 10.1. The predicted molar refractivity (Wildman–Crippen MR) is 101 cm³/mol. The first-order valence-corrected chi connectivity index (χ1v) is 8.60. The van der Waals surface area contributed by atoms with Crippen molar-refractivity contribution >= 4 is 17.5 Å². The van der Waals surface area contributed by atoms with Crippen molar-refractivity contribution in [3.63, 3.8) is 0 Å². The van der Waals surface area contributed by atoms with Crippen LogP contribution in [0, 0.1) is 0 Å². The van der Waals surface area contributed by atoms with Gasteiger partial charge >= 0.3 is 6.18 Å². The van der Waals surface area contributed by atoms with Gasteiger partial charge in [0.15, 0.2) is 6.61 Å². The summed E-state index contributed by atoms with van der Waals surface area (Å²) in [5, 5.41) is 5.77. The van der Waals surface area contributed by atoms with Gasteiger partial charge in [0, 0.05) is 30.2 Å². The minimum absolute atomic E-state index is 0.110. The monoisotopic (exact) mass is 402 g/mol. The Bertz CT molecular complexity index is 948. The largest absolute Gasteiger partial charge is 0.484 e. The molecular weight excluding hydrogens is 385 g/mol. The van der Waals surface area contributed by atoms with Gasteiger partial charge in [-0.15, -0.1) is 0 Å². The molecule has 29 heavy (non-hydrogen) atoms. The Kier molecular flexibility index (Phi) is 6.28. The number of ether oxygens (including phenoxy) is 1. The fraction of sp³-hybridized carbons (Fsp3) is 0.150. The molecule has 2 N–H and O–H groups in total. The number of hydrogen-bond acceptors (Lipinski definition) is 5. The van der Waals surface area contributed by atoms with Crippen LogP contribution in [0.4, 0.5) is 24.8 Å². The molecule has 0 saturated heterocycles. The van der Waals surface area contributed by atoms with E-state index >= 15 is 0 Å². The molecule has 1 heterocycles. The number of carbonyl (C=O) groups excluding carboxylic acids is 1. The van der Waals surface area contributed by atoms with E-state index in [0.717, 1.165) is 5.56 Å². The van der Waals surface area contributed by atoms with Gasteiger partial charge in [0.1, 0.15) is 5.75 Å². The fourth-order valence-corrected chi connectivity index (χ4v) is 2.38. The van der Waals surface area contributed by atoms with Crippen molar-refractivity contribution in [2.75, 3.05) is 11.9 Å². The maximum Gasteiger partial charge on any atom is 0.422 e. The number of anilines is 2. The predicted octanol–water partition coefficient (Wildman–Crippen LogP) is 4.09. The summed E-state index contributed by atoms with van der Waals surface area (Å²) < 4.78 is 41.1. The number of nitrogens with one attached hydrogen (secondary N) is 2. The number of carbonyl (C=O) groups is 1. The minimum Gasteiger partial charge on any atom is -0.484 e. The zero-order chi connectivity index (χ0) is 20.7. The number of hydrogen-bond donors (Lipinski definition) is 2. The molecule has 1 aromatic heterocycles. The quantitative estimate of drug-likeness (QED) is 0.623. The lowest BCUT2D eigenvalue weighted by Gasteiger charge is -2.10. The second kappa shape index (κ2) is 9.05. The zero-order valence-electron chi connectivity index (χ0n) is 15.1. The number of amides is 1. The summed E-state index contributed by atoms with van der Waals surface area (Å²) in [6, 6.07) is 14.6. The van der Waals surface area contributed by atoms with Gasteiger partial charge in [0.25, 0.3) is 5.91 Å². The number of halogens is 3. The van der Waals surface area contributed by atoms with E-state index in [1.165, 1.54) is 12.1 Å². The third-order valence-electron chi connectivity index (χ3n) is 3.73. The molecule has 0 aliphatic heterocycles. The van der Waals surface area contributed by atoms with Gasteiger partial charge in [-0.25, -0.2) is 9.97 Å². The standard InChI is InChI=1S/C20H17F3N4O2/c21-20(22,23)13-29-17-7-5-14(6-8-17)12-26-18(28)15-3-1-4-16(11-15)27-19-24-9-2-10-25-19/h1-11H,12-13H2,(H,26,28)(H,24,25,27). The number of aromatic nitrogens is 2. The van der Waals surface area contributed by atoms with Crippen LogP contribution in [0.3, 0.4) is 0 Å². The molecule has 9 heteroatoms. The first-order chi connectivity index (χ1) is 13.9. The van der Waals surface area contributed by atoms with E-state index in [4.69, 9.17) is 0 Å². The Morgan fingerprint density at radius 1 is 1.00 bits per heavy atom. The highest BCUT2D eigenvalue weighted by molar-refractivity contribution is 5.95. The van der Waals surface area contributed by atoms with Crippen molar-refractivity contribution in [3.05, 3.63) is 78.1 Å². The molecule has 1 amide bonds. The molecule has 0 saturated carbocycles. The Morgan fingerprint density at radius 2 is 1.72 bits per heavy atom. The summed E-state index contributed by atoms with van der Waals surface area (Å²) in [6.45, 7) is -1.13. The van der Waals surface area contributed by atoms with Gasteiger partial charge in [-0.1, -0.05) is 18.2 Å². The minimum atomic E-state index is -4.39. The Morgan fingerprint density at radius 3 is 2.41 bits per heavy atom. The Labute approximate surface area is 164 Å². The van der Waals surface area contributed by atoms with Gasteiger partial charge in [-0.2, -0.15) is 13.2 Å². The Balaban J connectivity index is 1.54. The summed E-state index contributed by atoms with van der Waals surface area (Å²) in [5.41, 5.74) is 1.83. The number of benzene rings is 2. The smallest absolute Gasteiger partial charge is 0.422 e. The van der Waals surface area contributed by atoms with Crippen LogP contribution in [0.2, 0.25) is 0 Å². The van der Waals surface area contributed by atoms with Gasteiger partial charge in [0.05, 0.1) is 0 Å². The van der Waals surface area contributed by atoms with Crippen LogP contribution in [0.15, 0.2) is 67.0 Å². The van der Waals surface area contributed by atoms with E-state index in [2.05, 4.69) is 25.3 Å². The van der Waals surface area contributed by atoms with Crippen LogP contribution in [0.25, 0.3) is 0 Å². The lowest BCUT2D eigenvalue weighted by molar-refractivity contribution is -0.153. The van der Waals surface area contributed by atoms with E-state index in [1.54, 1.807) is 54.9 Å². The van der Waals surface area contributed by atoms with E-state index < -0.39 is 12.8 Å². The lowest BCUT2D eigenvalue weighted by Crippen LogP contribution is -2.22. The van der Waals surface area contributed by atoms with Crippen molar-refractivity contribution in [3.8, 4) is 5.75 Å². The average molecular weight is 402 g/mol. The molecule has 6 nitrogen and oxygen atoms in total. The third-order valence-corrected chi connectivity index (χ3v) is 3.73. The summed E-state index contributed by atoms with van der Waals surface area (Å²) in [7, 11) is 0. The molecule has 0 radical (unpaired) electrons. The first-order valence-electron chi connectivity index (χ1n) is 8.60. The van der Waals surface area contributed by atoms with Gasteiger partial charge in [-0.3, -0.25) is 4.79 Å². The normalized spacial score (nSPS) is 11.0. The van der Waals surface area contributed by atoms with Crippen LogP contribution in [-0.4, -0.2) is 28.7 Å². The van der Waals surface area contributed by atoms with Gasteiger partial charge in [0.2, 0.25) is 5.95 Å². The van der Waals surface area contributed by atoms with Crippen LogP contribution in [-0.2, 0) is 6.54 Å². The molecule has 0 unspecified atom stereocenters. The first kappa shape index (κ1) is 20.1. The molecular formula is C20H17F3N4O2. The number of nitrogens with zero attached hydrogens (tertiary/aromatic N) is 2. The van der Waals surface area contributed by atoms with Crippen LogP contribution in [0.5, 0.6) is 5.75 Å². The van der Waals surface area contributed by atoms with Gasteiger partial charge < -0.3 is 15.4 Å². The fourth-order valence-electron chi connectivity index (χ4n) is 2.38. The topological polar surface area (TPSA) is 76.1 Å². The third kappa shape index (κ3) is 6.49. The van der Waals surface area contributed by atoms with Crippen LogP contribution >= 0.6 is 0 Å². The molecule has 150 valence electrons. The number of alkyl halides is 3. The Hall–Kier alpha value is -3.62. The van der Waals surface area contributed by atoms with Crippen molar-refractivity contribution in [1.82, 2.24) is 15.3 Å². The van der Waals surface area contributed by atoms with Crippen LogP contribution < -0.4 is 15.4 Å². The molecule has 2 aromatic carbocycles. The van der Waals surface area contributed by atoms with Crippen molar-refractivity contribution < 1.29 is 22.7 Å². The average Bonchev–Trinajstić information content (AvgIpc) is 2.71. The molecule has 0 aliphatic rings. The molecule has 3 rings (SSSR count). The van der Waals surface area contributed by atoms with Crippen molar-refractivity contribution in [2.45, 2.75) is 12.7 Å². The summed E-state index contributed by atoms with van der Waals surface area (Å²) in [6.07, 6.45) is -1.18. The highest BCUT2D eigenvalue weighted by atomic mass is 19.4. The highest BCUT2D eigenvalue weighted by Gasteiger charge is 2.28. The van der Waals surface area contributed by atoms with Gasteiger partial charge in [-0.05, 0) is 42.0 Å². The summed E-state index contributed by atoms with van der Waals surface area (Å²) in [4.78, 5) is 20.5. The summed E-state index contributed by atoms with van der Waals surface area (Å²) >= 11 is 0. The zero-order valence-corrected chi connectivity index (χ0v) is 15.1. The molecule has 3 aromatic rings. The van der Waals surface area contributed by atoms with E-state index in [0.29, 0.717) is 17.2 Å². The molecule has 0 fully saturated rings. The molecule has 0 spiro atoms. The second-order valence-electron chi connectivity index (χ2n) is 6.01. The van der Waals surface area contributed by atoms with E-state index in [1.807, 2.05) is 0 Å². The van der Waals surface area contributed by atoms with Crippen LogP contribution in [0.1, 0.15) is 15.9 Å². The van der Waals surface area contributed by atoms with E-state index in [9.17, 15) is 18.0 Å². The maximum absolute atomic E-state index is 12.4. The van der Waals surface area contributed by atoms with Crippen molar-refractivity contribution in [2.24, 2.45) is 0 Å². The van der Waals surface area contributed by atoms with Crippen molar-refractivity contribution in [1.29, 1.82) is 0 Å². The second-order valence-corrected chi connectivity index (χ2v) is 6.01. The van der Waals surface area contributed by atoms with E-state index in [-0.39, 0.29) is 18.2 Å². The molecule has 0 aliphatic carbocycles. The summed E-state index contributed by atoms with van der Waals surface area (Å²) in [5.74, 6) is 0.234. The molecule has 0 atom stereocenters.